The summed E-state index contributed by atoms with van der Waals surface area (Å²) < 4.78 is 0. The first-order valence-electron chi connectivity index (χ1n) is 6.61. The predicted molar refractivity (Wildman–Crippen MR) is 87.9 cm³/mol. The summed E-state index contributed by atoms with van der Waals surface area (Å²) in [6.45, 7) is 6.32. The van der Waals surface area contributed by atoms with Crippen molar-refractivity contribution in [2.75, 3.05) is 5.32 Å². The minimum atomic E-state index is 0.159. The minimum Gasteiger partial charge on any atom is -0.356 e. The van der Waals surface area contributed by atoms with Crippen molar-refractivity contribution in [1.82, 2.24) is 10.3 Å². The van der Waals surface area contributed by atoms with Crippen LogP contribution in [0.15, 0.2) is 42.7 Å². The number of benzene rings is 1. The molecule has 0 spiro atoms. The van der Waals surface area contributed by atoms with Crippen LogP contribution in [0.2, 0.25) is 0 Å². The maximum atomic E-state index is 5.34. The molecule has 0 bridgehead atoms. The van der Waals surface area contributed by atoms with Gasteiger partial charge < -0.3 is 10.6 Å². The zero-order chi connectivity index (χ0) is 14.5. The number of rotatable bonds is 3. The van der Waals surface area contributed by atoms with Gasteiger partial charge in [0.15, 0.2) is 5.11 Å². The third-order valence-corrected chi connectivity index (χ3v) is 3.39. The number of anilines is 1. The van der Waals surface area contributed by atoms with Crippen molar-refractivity contribution in [2.45, 2.75) is 26.8 Å². The van der Waals surface area contributed by atoms with Gasteiger partial charge in [0, 0.05) is 6.20 Å². The summed E-state index contributed by atoms with van der Waals surface area (Å²) >= 11 is 5.34. The molecular weight excluding hydrogens is 266 g/mol. The van der Waals surface area contributed by atoms with E-state index in [1.807, 2.05) is 12.1 Å². The van der Waals surface area contributed by atoms with Gasteiger partial charge in [-0.3, -0.25) is 4.98 Å². The number of aryl methyl sites for hydroxylation is 2. The highest BCUT2D eigenvalue weighted by Gasteiger charge is 2.10. The highest BCUT2D eigenvalue weighted by atomic mass is 32.1. The molecule has 2 N–H and O–H groups in total. The van der Waals surface area contributed by atoms with Gasteiger partial charge in [-0.25, -0.2) is 0 Å². The summed E-state index contributed by atoms with van der Waals surface area (Å²) in [6.07, 6.45) is 3.48. The highest BCUT2D eigenvalue weighted by Crippen LogP contribution is 2.19. The Morgan fingerprint density at radius 1 is 1.25 bits per heavy atom. The molecule has 2 aromatic rings. The second-order valence-corrected chi connectivity index (χ2v) is 5.33. The minimum absolute atomic E-state index is 0.159. The molecule has 1 atom stereocenters. The largest absolute Gasteiger partial charge is 0.356 e. The molecule has 0 saturated carbocycles. The van der Waals surface area contributed by atoms with Crippen molar-refractivity contribution in [3.05, 3.63) is 59.4 Å². The van der Waals surface area contributed by atoms with Gasteiger partial charge in [-0.15, -0.1) is 0 Å². The fraction of sp³-hybridized carbons (Fsp3) is 0.250. The number of thiocarbonyl (C=S) groups is 1. The maximum absolute atomic E-state index is 5.34. The van der Waals surface area contributed by atoms with Crippen LogP contribution in [0, 0.1) is 13.8 Å². The van der Waals surface area contributed by atoms with E-state index in [2.05, 4.69) is 54.6 Å². The normalized spacial score (nSPS) is 11.8. The Balaban J connectivity index is 2.02. The van der Waals surface area contributed by atoms with Crippen LogP contribution in [-0.4, -0.2) is 10.1 Å². The molecule has 0 saturated heterocycles. The summed E-state index contributed by atoms with van der Waals surface area (Å²) in [5.74, 6) is 0. The first-order valence-corrected chi connectivity index (χ1v) is 7.02. The molecule has 2 rings (SSSR count). The van der Waals surface area contributed by atoms with Crippen LogP contribution in [0.1, 0.15) is 29.7 Å². The zero-order valence-corrected chi connectivity index (χ0v) is 12.8. The molecule has 1 aromatic carbocycles. The molecule has 4 heteroatoms. The van der Waals surface area contributed by atoms with Gasteiger partial charge in [0.2, 0.25) is 0 Å². The average molecular weight is 285 g/mol. The molecule has 3 nitrogen and oxygen atoms in total. The third kappa shape index (κ3) is 3.78. The van der Waals surface area contributed by atoms with E-state index < -0.39 is 0 Å². The molecule has 0 aliphatic heterocycles. The van der Waals surface area contributed by atoms with Crippen molar-refractivity contribution in [2.24, 2.45) is 0 Å². The summed E-state index contributed by atoms with van der Waals surface area (Å²) in [7, 11) is 0. The topological polar surface area (TPSA) is 37.0 Å². The van der Waals surface area contributed by atoms with Gasteiger partial charge in [-0.1, -0.05) is 23.8 Å². The van der Waals surface area contributed by atoms with E-state index in [9.17, 15) is 0 Å². The number of hydrogen-bond donors (Lipinski definition) is 2. The van der Waals surface area contributed by atoms with Crippen molar-refractivity contribution >= 4 is 23.0 Å². The number of nitrogens with zero attached hydrogens (tertiary/aromatic N) is 1. The van der Waals surface area contributed by atoms with Gasteiger partial charge in [-0.05, 0) is 56.2 Å². The second-order valence-electron chi connectivity index (χ2n) is 4.92. The van der Waals surface area contributed by atoms with Crippen molar-refractivity contribution in [1.29, 1.82) is 0 Å². The standard InChI is InChI=1S/C16H19N3S/c1-11-6-7-12(2)15(9-11)13(3)18-16(20)19-14-5-4-8-17-10-14/h4-10,13H,1-3H3,(H2,18,19,20)/t13-/m0/s1. The summed E-state index contributed by atoms with van der Waals surface area (Å²) in [4.78, 5) is 4.05. The molecule has 0 aliphatic rings. The summed E-state index contributed by atoms with van der Waals surface area (Å²) in [5.41, 5.74) is 4.67. The Morgan fingerprint density at radius 3 is 2.75 bits per heavy atom. The molecular formula is C16H19N3S. The number of pyridine rings is 1. The van der Waals surface area contributed by atoms with Crippen LogP contribution in [0.5, 0.6) is 0 Å². The molecule has 0 aliphatic carbocycles. The van der Waals surface area contributed by atoms with Crippen LogP contribution >= 0.6 is 12.2 Å². The van der Waals surface area contributed by atoms with E-state index in [4.69, 9.17) is 12.2 Å². The lowest BCUT2D eigenvalue weighted by Crippen LogP contribution is -2.31. The lowest BCUT2D eigenvalue weighted by atomic mass is 10.0. The van der Waals surface area contributed by atoms with Crippen LogP contribution in [0.25, 0.3) is 0 Å². The lowest BCUT2D eigenvalue weighted by molar-refractivity contribution is 0.716. The fourth-order valence-electron chi connectivity index (χ4n) is 2.10. The van der Waals surface area contributed by atoms with E-state index in [0.29, 0.717) is 5.11 Å². The van der Waals surface area contributed by atoms with Crippen molar-refractivity contribution in [3.8, 4) is 0 Å². The molecule has 0 unspecified atom stereocenters. The summed E-state index contributed by atoms with van der Waals surface area (Å²) in [6, 6.07) is 10.4. The second kappa shape index (κ2) is 6.48. The Labute approximate surface area is 125 Å². The van der Waals surface area contributed by atoms with Crippen molar-refractivity contribution in [3.63, 3.8) is 0 Å². The molecule has 1 aromatic heterocycles. The van der Waals surface area contributed by atoms with Crippen LogP contribution in [0.3, 0.4) is 0 Å². The number of hydrogen-bond acceptors (Lipinski definition) is 2. The first kappa shape index (κ1) is 14.5. The quantitative estimate of drug-likeness (QED) is 0.842. The maximum Gasteiger partial charge on any atom is 0.171 e. The van der Waals surface area contributed by atoms with Crippen LogP contribution in [-0.2, 0) is 0 Å². The van der Waals surface area contributed by atoms with Gasteiger partial charge in [-0.2, -0.15) is 0 Å². The molecule has 0 amide bonds. The highest BCUT2D eigenvalue weighted by molar-refractivity contribution is 7.80. The van der Waals surface area contributed by atoms with Crippen molar-refractivity contribution < 1.29 is 0 Å². The Hall–Kier alpha value is -1.94. The molecule has 20 heavy (non-hydrogen) atoms. The SMILES string of the molecule is Cc1ccc(C)c([C@H](C)NC(=S)Nc2cccnc2)c1. The molecule has 0 radical (unpaired) electrons. The Bertz CT molecular complexity index is 596. The number of nitrogens with one attached hydrogen (secondary N) is 2. The lowest BCUT2D eigenvalue weighted by Gasteiger charge is -2.19. The third-order valence-electron chi connectivity index (χ3n) is 3.17. The first-order chi connectivity index (χ1) is 9.56. The van der Waals surface area contributed by atoms with E-state index in [1.165, 1.54) is 16.7 Å². The zero-order valence-electron chi connectivity index (χ0n) is 12.0. The summed E-state index contributed by atoms with van der Waals surface area (Å²) in [5, 5.41) is 7.04. The Morgan fingerprint density at radius 2 is 2.05 bits per heavy atom. The van der Waals surface area contributed by atoms with E-state index >= 15 is 0 Å². The van der Waals surface area contributed by atoms with Gasteiger partial charge in [0.25, 0.3) is 0 Å². The average Bonchev–Trinajstić information content (AvgIpc) is 2.42. The van der Waals surface area contributed by atoms with Gasteiger partial charge in [0.1, 0.15) is 0 Å². The smallest absolute Gasteiger partial charge is 0.171 e. The predicted octanol–water partition coefficient (Wildman–Crippen LogP) is 3.75. The van der Waals surface area contributed by atoms with E-state index in [0.717, 1.165) is 5.69 Å². The Kier molecular flexibility index (Phi) is 4.69. The van der Waals surface area contributed by atoms with Crippen LogP contribution in [0.4, 0.5) is 5.69 Å². The monoisotopic (exact) mass is 285 g/mol. The molecule has 104 valence electrons. The van der Waals surface area contributed by atoms with E-state index in [-0.39, 0.29) is 6.04 Å². The van der Waals surface area contributed by atoms with Crippen LogP contribution < -0.4 is 10.6 Å². The van der Waals surface area contributed by atoms with E-state index in [1.54, 1.807) is 12.4 Å². The van der Waals surface area contributed by atoms with Gasteiger partial charge in [0.05, 0.1) is 17.9 Å². The molecule has 1 heterocycles. The van der Waals surface area contributed by atoms with Gasteiger partial charge >= 0.3 is 0 Å². The molecule has 0 fully saturated rings. The fourth-order valence-corrected chi connectivity index (χ4v) is 2.40. The number of aromatic nitrogens is 1.